The molecular formula is C15H22O. The zero-order chi connectivity index (χ0) is 12.3. The smallest absolute Gasteiger partial charge is 0.163 e. The van der Waals surface area contributed by atoms with Crippen molar-refractivity contribution in [2.75, 3.05) is 0 Å². The number of carbonyl (C=O) groups excluding carboxylic acids is 1. The largest absolute Gasteiger partial charge is 0.294 e. The van der Waals surface area contributed by atoms with Gasteiger partial charge >= 0.3 is 0 Å². The van der Waals surface area contributed by atoms with Gasteiger partial charge in [-0.3, -0.25) is 4.79 Å². The quantitative estimate of drug-likeness (QED) is 0.691. The number of rotatable bonds is 4. The Kier molecular flexibility index (Phi) is 4.28. The maximum atomic E-state index is 12.2. The summed E-state index contributed by atoms with van der Waals surface area (Å²) >= 11 is 0. The number of hydrogen-bond donors (Lipinski definition) is 0. The van der Waals surface area contributed by atoms with Crippen molar-refractivity contribution in [1.82, 2.24) is 0 Å². The fraction of sp³-hybridized carbons (Fsp3) is 0.533. The van der Waals surface area contributed by atoms with Crippen LogP contribution in [-0.4, -0.2) is 5.78 Å². The molecule has 0 amide bonds. The Balaban J connectivity index is 3.00. The van der Waals surface area contributed by atoms with E-state index in [0.717, 1.165) is 23.1 Å². The molecule has 0 aliphatic rings. The molecule has 0 fully saturated rings. The lowest BCUT2D eigenvalue weighted by Crippen LogP contribution is -2.09. The Morgan fingerprint density at radius 2 is 1.69 bits per heavy atom. The zero-order valence-corrected chi connectivity index (χ0v) is 11.1. The van der Waals surface area contributed by atoms with E-state index in [1.165, 1.54) is 5.56 Å². The topological polar surface area (TPSA) is 17.1 Å². The van der Waals surface area contributed by atoms with Crippen molar-refractivity contribution in [2.24, 2.45) is 5.92 Å². The van der Waals surface area contributed by atoms with Crippen LogP contribution < -0.4 is 0 Å². The van der Waals surface area contributed by atoms with E-state index >= 15 is 0 Å². The van der Waals surface area contributed by atoms with Crippen molar-refractivity contribution in [3.63, 3.8) is 0 Å². The fourth-order valence-electron chi connectivity index (χ4n) is 2.18. The van der Waals surface area contributed by atoms with Gasteiger partial charge in [0.05, 0.1) is 0 Å². The van der Waals surface area contributed by atoms with Crippen LogP contribution in [0.5, 0.6) is 0 Å². The number of benzene rings is 1. The molecule has 1 aromatic carbocycles. The summed E-state index contributed by atoms with van der Waals surface area (Å²) in [4.78, 5) is 12.2. The number of carbonyl (C=O) groups is 1. The average Bonchev–Trinajstić information content (AvgIpc) is 2.15. The fourth-order valence-corrected chi connectivity index (χ4v) is 2.18. The molecule has 0 heterocycles. The number of ketones is 1. The van der Waals surface area contributed by atoms with Crippen molar-refractivity contribution in [1.29, 1.82) is 0 Å². The molecule has 1 aromatic rings. The summed E-state index contributed by atoms with van der Waals surface area (Å²) in [6, 6.07) is 4.19. The Bertz CT molecular complexity index is 367. The van der Waals surface area contributed by atoms with Crippen molar-refractivity contribution >= 4 is 5.78 Å². The van der Waals surface area contributed by atoms with E-state index < -0.39 is 0 Å². The number of aryl methyl sites for hydroxylation is 3. The molecule has 16 heavy (non-hydrogen) atoms. The van der Waals surface area contributed by atoms with Gasteiger partial charge in [0.1, 0.15) is 0 Å². The van der Waals surface area contributed by atoms with Gasteiger partial charge in [-0.15, -0.1) is 0 Å². The minimum absolute atomic E-state index is 0.296. The third-order valence-corrected chi connectivity index (χ3v) is 3.19. The van der Waals surface area contributed by atoms with E-state index in [1.807, 2.05) is 13.8 Å². The van der Waals surface area contributed by atoms with Gasteiger partial charge in [-0.25, -0.2) is 0 Å². The van der Waals surface area contributed by atoms with Crippen LogP contribution in [-0.2, 0) is 0 Å². The van der Waals surface area contributed by atoms with E-state index in [-0.39, 0.29) is 0 Å². The Hall–Kier alpha value is -1.11. The van der Waals surface area contributed by atoms with Gasteiger partial charge in [0.15, 0.2) is 5.78 Å². The SMILES string of the molecule is CCC(C)CC(=O)c1c(C)cc(C)cc1C. The highest BCUT2D eigenvalue weighted by Crippen LogP contribution is 2.20. The van der Waals surface area contributed by atoms with Gasteiger partial charge in [-0.2, -0.15) is 0 Å². The molecule has 0 bridgehead atoms. The lowest BCUT2D eigenvalue weighted by molar-refractivity contribution is 0.0962. The van der Waals surface area contributed by atoms with Gasteiger partial charge in [-0.05, 0) is 37.8 Å². The number of hydrogen-bond acceptors (Lipinski definition) is 1. The predicted octanol–water partition coefficient (Wildman–Crippen LogP) is 4.23. The third-order valence-electron chi connectivity index (χ3n) is 3.19. The van der Waals surface area contributed by atoms with E-state index in [1.54, 1.807) is 0 Å². The lowest BCUT2D eigenvalue weighted by atomic mass is 9.91. The highest BCUT2D eigenvalue weighted by Gasteiger charge is 2.14. The first-order valence-corrected chi connectivity index (χ1v) is 6.06. The highest BCUT2D eigenvalue weighted by atomic mass is 16.1. The summed E-state index contributed by atoms with van der Waals surface area (Å²) in [7, 11) is 0. The summed E-state index contributed by atoms with van der Waals surface area (Å²) < 4.78 is 0. The van der Waals surface area contributed by atoms with Crippen molar-refractivity contribution in [3.05, 3.63) is 34.4 Å². The second kappa shape index (κ2) is 5.29. The Morgan fingerprint density at radius 3 is 2.12 bits per heavy atom. The summed E-state index contributed by atoms with van der Waals surface area (Å²) in [5.74, 6) is 0.775. The van der Waals surface area contributed by atoms with Gasteiger partial charge in [0.2, 0.25) is 0 Å². The van der Waals surface area contributed by atoms with Gasteiger partial charge in [-0.1, -0.05) is 38.0 Å². The monoisotopic (exact) mass is 218 g/mol. The molecule has 0 aliphatic heterocycles. The van der Waals surface area contributed by atoms with Crippen LogP contribution in [0.4, 0.5) is 0 Å². The van der Waals surface area contributed by atoms with E-state index in [4.69, 9.17) is 0 Å². The predicted molar refractivity (Wildman–Crippen MR) is 69.1 cm³/mol. The molecule has 0 N–H and O–H groups in total. The zero-order valence-electron chi connectivity index (χ0n) is 11.1. The second-order valence-corrected chi connectivity index (χ2v) is 4.91. The van der Waals surface area contributed by atoms with Crippen LogP contribution in [0.3, 0.4) is 0 Å². The van der Waals surface area contributed by atoms with Gasteiger partial charge in [0, 0.05) is 12.0 Å². The molecule has 0 spiro atoms. The summed E-state index contributed by atoms with van der Waals surface area (Å²) in [5.41, 5.74) is 4.40. The molecule has 0 saturated carbocycles. The van der Waals surface area contributed by atoms with Gasteiger partial charge < -0.3 is 0 Å². The summed E-state index contributed by atoms with van der Waals surface area (Å²) in [5, 5.41) is 0. The van der Waals surface area contributed by atoms with Crippen LogP contribution in [0.15, 0.2) is 12.1 Å². The summed E-state index contributed by atoms with van der Waals surface area (Å²) in [6.07, 6.45) is 1.73. The molecule has 1 unspecified atom stereocenters. The van der Waals surface area contributed by atoms with Crippen LogP contribution in [0.1, 0.15) is 53.7 Å². The molecule has 1 atom stereocenters. The van der Waals surface area contributed by atoms with Crippen LogP contribution >= 0.6 is 0 Å². The molecule has 0 aliphatic carbocycles. The first-order chi connectivity index (χ1) is 7.45. The van der Waals surface area contributed by atoms with E-state index in [9.17, 15) is 4.79 Å². The number of Topliss-reactive ketones (excluding diaryl/α,β-unsaturated/α-hetero) is 1. The summed E-state index contributed by atoms with van der Waals surface area (Å²) in [6.45, 7) is 10.4. The second-order valence-electron chi connectivity index (χ2n) is 4.91. The minimum Gasteiger partial charge on any atom is -0.294 e. The Labute approximate surface area is 98.9 Å². The maximum absolute atomic E-state index is 12.2. The van der Waals surface area contributed by atoms with E-state index in [2.05, 4.69) is 32.9 Å². The van der Waals surface area contributed by atoms with Crippen molar-refractivity contribution in [3.8, 4) is 0 Å². The molecule has 1 heteroatoms. The van der Waals surface area contributed by atoms with Crippen LogP contribution in [0, 0.1) is 26.7 Å². The molecule has 1 rings (SSSR count). The standard InChI is InChI=1S/C15H22O/c1-6-10(2)9-14(16)15-12(4)7-11(3)8-13(15)5/h7-8,10H,6,9H2,1-5H3. The third kappa shape index (κ3) is 2.94. The molecule has 0 saturated heterocycles. The maximum Gasteiger partial charge on any atom is 0.163 e. The molecule has 1 nitrogen and oxygen atoms in total. The first kappa shape index (κ1) is 13.0. The van der Waals surface area contributed by atoms with Crippen LogP contribution in [0.25, 0.3) is 0 Å². The van der Waals surface area contributed by atoms with E-state index in [0.29, 0.717) is 18.1 Å². The average molecular weight is 218 g/mol. The van der Waals surface area contributed by atoms with Crippen LogP contribution in [0.2, 0.25) is 0 Å². The molecule has 0 radical (unpaired) electrons. The van der Waals surface area contributed by atoms with Crippen molar-refractivity contribution < 1.29 is 4.79 Å². The minimum atomic E-state index is 0.296. The Morgan fingerprint density at radius 1 is 1.19 bits per heavy atom. The lowest BCUT2D eigenvalue weighted by Gasteiger charge is -2.12. The molecule has 88 valence electrons. The van der Waals surface area contributed by atoms with Gasteiger partial charge in [0.25, 0.3) is 0 Å². The normalized spacial score (nSPS) is 12.6. The first-order valence-electron chi connectivity index (χ1n) is 6.06. The molecule has 0 aromatic heterocycles. The van der Waals surface area contributed by atoms with Crippen molar-refractivity contribution in [2.45, 2.75) is 47.5 Å². The highest BCUT2D eigenvalue weighted by molar-refractivity contribution is 5.99. The molecular weight excluding hydrogens is 196 g/mol.